The molecule has 202 valence electrons. The first-order valence-electron chi connectivity index (χ1n) is 11.3. The third kappa shape index (κ3) is 9.04. The van der Waals surface area contributed by atoms with Crippen LogP contribution in [0.15, 0.2) is 48.5 Å². The maximum Gasteiger partial charge on any atom is 0.347 e. The Morgan fingerprint density at radius 3 is 1.29 bits per heavy atom. The van der Waals surface area contributed by atoms with E-state index in [0.717, 1.165) is 0 Å². The van der Waals surface area contributed by atoms with Gasteiger partial charge in [-0.3, -0.25) is 9.59 Å². The van der Waals surface area contributed by atoms with E-state index in [2.05, 4.69) is 0 Å². The lowest BCUT2D eigenvalue weighted by atomic mass is 10.2. The predicted molar refractivity (Wildman–Crippen MR) is 127 cm³/mol. The molecule has 0 saturated carbocycles. The minimum atomic E-state index is -1.32. The van der Waals surface area contributed by atoms with Crippen LogP contribution in [0.5, 0.6) is 11.5 Å². The molecule has 0 saturated heterocycles. The summed E-state index contributed by atoms with van der Waals surface area (Å²) < 4.78 is 29.9. The standard InChI is InChI=1S/C26H26O12/c1-15(35-25(31)19-9-5-7-11-21(19)37-17(3)27)23(29)33-13-14-34-24(30)16(2)36-26(32)20-10-6-8-12-22(20)38-18(4)28/h5-12,15-16H,13-14H2,1-4H3/t15-,16+. The molecule has 0 fully saturated rings. The molecule has 0 aromatic heterocycles. The minimum Gasteiger partial charge on any atom is -0.459 e. The van der Waals surface area contributed by atoms with Crippen molar-refractivity contribution in [3.63, 3.8) is 0 Å². The second kappa shape index (κ2) is 14.1. The van der Waals surface area contributed by atoms with Crippen molar-refractivity contribution in [3.05, 3.63) is 59.7 Å². The third-order valence-electron chi connectivity index (χ3n) is 4.52. The summed E-state index contributed by atoms with van der Waals surface area (Å²) in [4.78, 5) is 71.4. The molecule has 2 atom stereocenters. The molecule has 2 rings (SSSR count). The van der Waals surface area contributed by atoms with Crippen LogP contribution in [0, 0.1) is 0 Å². The van der Waals surface area contributed by atoms with Crippen molar-refractivity contribution in [2.75, 3.05) is 13.2 Å². The Hall–Kier alpha value is -4.74. The molecule has 0 aliphatic carbocycles. The van der Waals surface area contributed by atoms with E-state index in [0.29, 0.717) is 0 Å². The average molecular weight is 530 g/mol. The van der Waals surface area contributed by atoms with Crippen LogP contribution in [0.25, 0.3) is 0 Å². The number of hydrogen-bond donors (Lipinski definition) is 0. The lowest BCUT2D eigenvalue weighted by Crippen LogP contribution is -2.30. The third-order valence-corrected chi connectivity index (χ3v) is 4.52. The molecular formula is C26H26O12. The zero-order chi connectivity index (χ0) is 28.2. The molecule has 0 bridgehead atoms. The zero-order valence-corrected chi connectivity index (χ0v) is 21.1. The predicted octanol–water partition coefficient (Wildman–Crippen LogP) is 2.41. The molecule has 0 amide bonds. The van der Waals surface area contributed by atoms with Gasteiger partial charge in [-0.05, 0) is 38.1 Å². The molecule has 0 spiro atoms. The fourth-order valence-electron chi connectivity index (χ4n) is 2.82. The van der Waals surface area contributed by atoms with Gasteiger partial charge in [0.1, 0.15) is 35.8 Å². The first-order valence-corrected chi connectivity index (χ1v) is 11.3. The molecule has 12 heteroatoms. The highest BCUT2D eigenvalue weighted by Crippen LogP contribution is 2.21. The van der Waals surface area contributed by atoms with Crippen LogP contribution in [0.3, 0.4) is 0 Å². The van der Waals surface area contributed by atoms with Gasteiger partial charge in [-0.1, -0.05) is 24.3 Å². The van der Waals surface area contributed by atoms with Gasteiger partial charge in [0, 0.05) is 13.8 Å². The number of esters is 6. The van der Waals surface area contributed by atoms with Gasteiger partial charge in [-0.15, -0.1) is 0 Å². The highest BCUT2D eigenvalue weighted by atomic mass is 16.6. The smallest absolute Gasteiger partial charge is 0.347 e. The van der Waals surface area contributed by atoms with Crippen molar-refractivity contribution in [2.24, 2.45) is 0 Å². The van der Waals surface area contributed by atoms with E-state index >= 15 is 0 Å². The number of carbonyl (C=O) groups excluding carboxylic acids is 6. The SMILES string of the molecule is CC(=O)Oc1ccccc1C(=O)O[C@@H](C)C(=O)OCCOC(=O)[C@@H](C)OC(=O)c1ccccc1OC(C)=O. The van der Waals surface area contributed by atoms with Crippen LogP contribution in [0.1, 0.15) is 48.4 Å². The van der Waals surface area contributed by atoms with Crippen molar-refractivity contribution in [3.8, 4) is 11.5 Å². The van der Waals surface area contributed by atoms with Gasteiger partial charge in [0.25, 0.3) is 0 Å². The monoisotopic (exact) mass is 530 g/mol. The summed E-state index contributed by atoms with van der Waals surface area (Å²) >= 11 is 0. The van der Waals surface area contributed by atoms with Gasteiger partial charge < -0.3 is 28.4 Å². The number of ether oxygens (including phenoxy) is 6. The second-order valence-electron chi connectivity index (χ2n) is 7.61. The van der Waals surface area contributed by atoms with E-state index in [-0.39, 0.29) is 35.8 Å². The largest absolute Gasteiger partial charge is 0.459 e. The maximum atomic E-state index is 12.4. The van der Waals surface area contributed by atoms with Crippen LogP contribution in [0.2, 0.25) is 0 Å². The van der Waals surface area contributed by atoms with Gasteiger partial charge in [0.2, 0.25) is 0 Å². The van der Waals surface area contributed by atoms with E-state index in [1.165, 1.54) is 64.1 Å². The molecular weight excluding hydrogens is 504 g/mol. The van der Waals surface area contributed by atoms with Crippen molar-refractivity contribution in [2.45, 2.75) is 39.9 Å². The first kappa shape index (κ1) is 29.5. The Morgan fingerprint density at radius 2 is 0.947 bits per heavy atom. The highest BCUT2D eigenvalue weighted by molar-refractivity contribution is 5.95. The van der Waals surface area contributed by atoms with Gasteiger partial charge in [0.05, 0.1) is 0 Å². The van der Waals surface area contributed by atoms with E-state index < -0.39 is 48.0 Å². The molecule has 0 unspecified atom stereocenters. The summed E-state index contributed by atoms with van der Waals surface area (Å²) in [6.45, 7) is 4.15. The van der Waals surface area contributed by atoms with Crippen molar-refractivity contribution in [1.82, 2.24) is 0 Å². The molecule has 0 heterocycles. The Bertz CT molecular complexity index is 1110. The van der Waals surface area contributed by atoms with Gasteiger partial charge in [-0.25, -0.2) is 19.2 Å². The van der Waals surface area contributed by atoms with Crippen LogP contribution in [-0.2, 0) is 38.1 Å². The Balaban J connectivity index is 1.79. The molecule has 12 nitrogen and oxygen atoms in total. The van der Waals surface area contributed by atoms with Crippen molar-refractivity contribution < 1.29 is 57.2 Å². The van der Waals surface area contributed by atoms with Gasteiger partial charge >= 0.3 is 35.8 Å². The van der Waals surface area contributed by atoms with Crippen LogP contribution < -0.4 is 9.47 Å². The molecule has 0 N–H and O–H groups in total. The number of benzene rings is 2. The number of carbonyl (C=O) groups is 6. The number of rotatable bonds is 11. The summed E-state index contributed by atoms with van der Waals surface area (Å²) in [5.74, 6) is -4.98. The fraction of sp³-hybridized carbons (Fsp3) is 0.308. The quantitative estimate of drug-likeness (QED) is 0.181. The lowest BCUT2D eigenvalue weighted by Gasteiger charge is -2.15. The summed E-state index contributed by atoms with van der Waals surface area (Å²) in [7, 11) is 0. The topological polar surface area (TPSA) is 158 Å². The lowest BCUT2D eigenvalue weighted by molar-refractivity contribution is -0.161. The molecule has 2 aromatic carbocycles. The second-order valence-corrected chi connectivity index (χ2v) is 7.61. The van der Waals surface area contributed by atoms with Gasteiger partial charge in [-0.2, -0.15) is 0 Å². The van der Waals surface area contributed by atoms with E-state index in [9.17, 15) is 28.8 Å². The Kier molecular flexibility index (Phi) is 11.0. The molecule has 0 aliphatic heterocycles. The van der Waals surface area contributed by atoms with Crippen molar-refractivity contribution in [1.29, 1.82) is 0 Å². The average Bonchev–Trinajstić information content (AvgIpc) is 2.86. The van der Waals surface area contributed by atoms with Crippen LogP contribution in [0.4, 0.5) is 0 Å². The number of hydrogen-bond acceptors (Lipinski definition) is 12. The Morgan fingerprint density at radius 1 is 0.605 bits per heavy atom. The van der Waals surface area contributed by atoms with Crippen LogP contribution >= 0.6 is 0 Å². The van der Waals surface area contributed by atoms with Crippen LogP contribution in [-0.4, -0.2) is 61.2 Å². The molecule has 38 heavy (non-hydrogen) atoms. The normalized spacial score (nSPS) is 11.8. The summed E-state index contributed by atoms with van der Waals surface area (Å²) in [5.41, 5.74) is -0.120. The Labute approximate surface area is 217 Å². The van der Waals surface area contributed by atoms with E-state index in [4.69, 9.17) is 28.4 Å². The molecule has 0 aliphatic rings. The first-order chi connectivity index (χ1) is 18.0. The number of para-hydroxylation sites is 2. The van der Waals surface area contributed by atoms with Gasteiger partial charge in [0.15, 0.2) is 12.2 Å². The highest BCUT2D eigenvalue weighted by Gasteiger charge is 2.25. The van der Waals surface area contributed by atoms with E-state index in [1.807, 2.05) is 0 Å². The fourth-order valence-corrected chi connectivity index (χ4v) is 2.82. The molecule has 0 radical (unpaired) electrons. The van der Waals surface area contributed by atoms with Crippen molar-refractivity contribution >= 4 is 35.8 Å². The molecule has 2 aromatic rings. The summed E-state index contributed by atoms with van der Waals surface area (Å²) in [6.07, 6.45) is -2.64. The summed E-state index contributed by atoms with van der Waals surface area (Å²) in [6, 6.07) is 11.7. The summed E-state index contributed by atoms with van der Waals surface area (Å²) in [5, 5.41) is 0. The maximum absolute atomic E-state index is 12.4. The minimum absolute atomic E-state index is 0.0258. The zero-order valence-electron chi connectivity index (χ0n) is 21.1. The van der Waals surface area contributed by atoms with E-state index in [1.54, 1.807) is 12.1 Å².